The molecule has 184 valence electrons. The molecule has 0 amide bonds. The van der Waals surface area contributed by atoms with Crippen molar-refractivity contribution in [3.8, 4) is 0 Å². The molecule has 0 fully saturated rings. The minimum Gasteiger partial charge on any atom is -0.429 e. The van der Waals surface area contributed by atoms with Gasteiger partial charge in [0.2, 0.25) is 5.79 Å². The molecule has 0 saturated heterocycles. The van der Waals surface area contributed by atoms with Gasteiger partial charge in [0.1, 0.15) is 6.61 Å². The number of rotatable bonds is 7. The third kappa shape index (κ3) is 6.67. The number of carbonyl (C=O) groups excluding carboxylic acids is 2. The third-order valence-electron chi connectivity index (χ3n) is 6.24. The number of Topliss-reactive ketones (excluding diaryl/α,β-unsaturated/α-hetero) is 1. The molecule has 2 aliphatic heterocycles. The Labute approximate surface area is 202 Å². The van der Waals surface area contributed by atoms with Gasteiger partial charge in [-0.05, 0) is 83.3 Å². The van der Waals surface area contributed by atoms with Crippen molar-refractivity contribution in [3.05, 3.63) is 71.1 Å². The third-order valence-corrected chi connectivity index (χ3v) is 6.24. The fourth-order valence-electron chi connectivity index (χ4n) is 4.65. The lowest BCUT2D eigenvalue weighted by molar-refractivity contribution is -0.225. The van der Waals surface area contributed by atoms with Crippen LogP contribution in [0.3, 0.4) is 0 Å². The zero-order chi connectivity index (χ0) is 24.9. The molecule has 1 aliphatic carbocycles. The van der Waals surface area contributed by atoms with Gasteiger partial charge in [-0.15, -0.1) is 0 Å². The second-order valence-electron chi connectivity index (χ2n) is 9.61. The zero-order valence-electron chi connectivity index (χ0n) is 20.9. The van der Waals surface area contributed by atoms with Crippen LogP contribution in [0.25, 0.3) is 0 Å². The molecule has 4 atom stereocenters. The molecule has 34 heavy (non-hydrogen) atoms. The molecule has 0 saturated carbocycles. The quantitative estimate of drug-likeness (QED) is 0.249. The molecule has 1 spiro atoms. The van der Waals surface area contributed by atoms with Crippen molar-refractivity contribution in [1.82, 2.24) is 0 Å². The van der Waals surface area contributed by atoms with Crippen LogP contribution in [0.4, 0.5) is 4.79 Å². The lowest BCUT2D eigenvalue weighted by Crippen LogP contribution is -2.49. The van der Waals surface area contributed by atoms with Gasteiger partial charge in [-0.25, -0.2) is 4.79 Å². The standard InChI is InChI=1S/C28H36O6/c1-7-31-27(30)32-17-22-16-28(34-26-13-21(6)25(29)14-24(22)26)15-20(5)12-23(33-28)11-19(4)10-8-9-18(2)3/h7,9,11,13,15-16,23-24,26H,1,8,10,12,14,17H2,2-6H3/t23-,24-,26-,28+/m0/s1. The van der Waals surface area contributed by atoms with Crippen molar-refractivity contribution < 1.29 is 28.5 Å². The molecule has 0 unspecified atom stereocenters. The van der Waals surface area contributed by atoms with Gasteiger partial charge in [-0.3, -0.25) is 4.79 Å². The Morgan fingerprint density at radius 3 is 2.68 bits per heavy atom. The Morgan fingerprint density at radius 1 is 1.21 bits per heavy atom. The van der Waals surface area contributed by atoms with Crippen molar-refractivity contribution in [2.45, 2.75) is 78.3 Å². The highest BCUT2D eigenvalue weighted by molar-refractivity contribution is 5.96. The average molecular weight is 469 g/mol. The Morgan fingerprint density at radius 2 is 1.97 bits per heavy atom. The molecule has 6 nitrogen and oxygen atoms in total. The molecular formula is C28H36O6. The summed E-state index contributed by atoms with van der Waals surface area (Å²) in [4.78, 5) is 24.2. The average Bonchev–Trinajstić information content (AvgIpc) is 2.72. The van der Waals surface area contributed by atoms with Crippen molar-refractivity contribution in [1.29, 1.82) is 0 Å². The predicted molar refractivity (Wildman–Crippen MR) is 131 cm³/mol. The van der Waals surface area contributed by atoms with Gasteiger partial charge in [0, 0.05) is 12.3 Å². The fourth-order valence-corrected chi connectivity index (χ4v) is 4.65. The smallest absolute Gasteiger partial charge is 0.429 e. The van der Waals surface area contributed by atoms with Gasteiger partial charge in [0.05, 0.1) is 18.5 Å². The van der Waals surface area contributed by atoms with E-state index >= 15 is 0 Å². The predicted octanol–water partition coefficient (Wildman–Crippen LogP) is 6.27. The molecule has 0 N–H and O–H groups in total. The summed E-state index contributed by atoms with van der Waals surface area (Å²) in [6.07, 6.45) is 12.8. The Balaban J connectivity index is 1.87. The zero-order valence-corrected chi connectivity index (χ0v) is 20.9. The monoisotopic (exact) mass is 468 g/mol. The van der Waals surface area contributed by atoms with Gasteiger partial charge in [0.25, 0.3) is 0 Å². The first-order chi connectivity index (χ1) is 16.1. The molecule has 0 aromatic carbocycles. The summed E-state index contributed by atoms with van der Waals surface area (Å²) in [6.45, 7) is 13.6. The second-order valence-corrected chi connectivity index (χ2v) is 9.61. The first kappa shape index (κ1) is 25.9. The normalized spacial score (nSPS) is 28.9. The highest BCUT2D eigenvalue weighted by Crippen LogP contribution is 2.42. The highest BCUT2D eigenvalue weighted by atomic mass is 16.7. The maximum atomic E-state index is 12.4. The van der Waals surface area contributed by atoms with Crippen LogP contribution >= 0.6 is 0 Å². The first-order valence-corrected chi connectivity index (χ1v) is 11.8. The summed E-state index contributed by atoms with van der Waals surface area (Å²) in [6, 6.07) is 0. The van der Waals surface area contributed by atoms with Crippen molar-refractivity contribution in [2.24, 2.45) is 5.92 Å². The summed E-state index contributed by atoms with van der Waals surface area (Å²) in [5, 5.41) is 0. The number of hydrogen-bond donors (Lipinski definition) is 0. The van der Waals surface area contributed by atoms with E-state index in [-0.39, 0.29) is 30.5 Å². The first-order valence-electron chi connectivity index (χ1n) is 11.8. The van der Waals surface area contributed by atoms with Crippen LogP contribution in [0, 0.1) is 5.92 Å². The number of ketones is 1. The Hall–Kier alpha value is -2.70. The van der Waals surface area contributed by atoms with E-state index < -0.39 is 11.9 Å². The maximum absolute atomic E-state index is 12.4. The summed E-state index contributed by atoms with van der Waals surface area (Å²) >= 11 is 0. The molecular weight excluding hydrogens is 432 g/mol. The Bertz CT molecular complexity index is 975. The molecule has 0 aromatic rings. The molecule has 2 heterocycles. The van der Waals surface area contributed by atoms with Crippen LogP contribution in [-0.4, -0.2) is 36.5 Å². The summed E-state index contributed by atoms with van der Waals surface area (Å²) < 4.78 is 22.9. The van der Waals surface area contributed by atoms with E-state index in [1.165, 1.54) is 11.1 Å². The molecule has 3 aliphatic rings. The van der Waals surface area contributed by atoms with Gasteiger partial charge < -0.3 is 18.9 Å². The molecule has 3 rings (SSSR count). The molecule has 0 aromatic heterocycles. The highest BCUT2D eigenvalue weighted by Gasteiger charge is 2.45. The van der Waals surface area contributed by atoms with Gasteiger partial charge in [-0.2, -0.15) is 0 Å². The van der Waals surface area contributed by atoms with E-state index in [2.05, 4.69) is 51.2 Å². The van der Waals surface area contributed by atoms with Crippen LogP contribution < -0.4 is 0 Å². The largest absolute Gasteiger partial charge is 0.513 e. The van der Waals surface area contributed by atoms with Gasteiger partial charge in [0.15, 0.2) is 5.78 Å². The fraction of sp³-hybridized carbons (Fsp3) is 0.500. The summed E-state index contributed by atoms with van der Waals surface area (Å²) in [5.41, 5.74) is 5.18. The van der Waals surface area contributed by atoms with E-state index in [1.807, 2.05) is 18.2 Å². The van der Waals surface area contributed by atoms with Crippen LogP contribution in [-0.2, 0) is 23.7 Å². The van der Waals surface area contributed by atoms with Crippen LogP contribution in [0.15, 0.2) is 71.1 Å². The van der Waals surface area contributed by atoms with E-state index in [0.29, 0.717) is 12.0 Å². The van der Waals surface area contributed by atoms with E-state index in [9.17, 15) is 9.59 Å². The Kier molecular flexibility index (Phi) is 8.50. The van der Waals surface area contributed by atoms with Crippen molar-refractivity contribution in [2.75, 3.05) is 6.61 Å². The van der Waals surface area contributed by atoms with E-state index in [0.717, 1.165) is 36.7 Å². The maximum Gasteiger partial charge on any atom is 0.513 e. The topological polar surface area (TPSA) is 71.1 Å². The van der Waals surface area contributed by atoms with E-state index in [1.54, 1.807) is 6.92 Å². The van der Waals surface area contributed by atoms with Gasteiger partial charge in [-0.1, -0.05) is 35.5 Å². The van der Waals surface area contributed by atoms with Crippen molar-refractivity contribution in [3.63, 3.8) is 0 Å². The molecule has 0 radical (unpaired) electrons. The summed E-state index contributed by atoms with van der Waals surface area (Å²) in [5.74, 6) is -1.26. The minimum atomic E-state index is -1.09. The van der Waals surface area contributed by atoms with Gasteiger partial charge >= 0.3 is 6.16 Å². The van der Waals surface area contributed by atoms with Crippen LogP contribution in [0.1, 0.15) is 60.3 Å². The lowest BCUT2D eigenvalue weighted by Gasteiger charge is -2.45. The van der Waals surface area contributed by atoms with Crippen molar-refractivity contribution >= 4 is 11.9 Å². The van der Waals surface area contributed by atoms with Crippen LogP contribution in [0.5, 0.6) is 0 Å². The molecule has 6 heteroatoms. The number of fused-ring (bicyclic) bond motifs is 1. The number of hydrogen-bond acceptors (Lipinski definition) is 6. The SMILES string of the molecule is C=COC(=O)OCC1=C[C@@]2(C=C(C)C[C@H](C=C(C)CCC=C(C)C)O2)O[C@H]2C=C(C)C(=O)C[C@@H]12. The van der Waals surface area contributed by atoms with E-state index in [4.69, 9.17) is 14.2 Å². The summed E-state index contributed by atoms with van der Waals surface area (Å²) in [7, 11) is 0. The number of allylic oxidation sites excluding steroid dienone is 4. The number of ether oxygens (including phenoxy) is 4. The minimum absolute atomic E-state index is 0.0163. The molecule has 0 bridgehead atoms. The number of carbonyl (C=O) groups is 2. The van der Waals surface area contributed by atoms with Crippen LogP contribution in [0.2, 0.25) is 0 Å². The lowest BCUT2D eigenvalue weighted by atomic mass is 9.79. The second kappa shape index (κ2) is 11.2.